The number of nitrogens with zero attached hydrogens (tertiary/aromatic N) is 2. The molecule has 3 heteroatoms. The second kappa shape index (κ2) is 11.3. The number of rotatable bonds is 5. The average Bonchev–Trinajstić information content (AvgIpc) is 2.31. The number of hydrogen-bond donors (Lipinski definition) is 0. The van der Waals surface area contributed by atoms with Crippen molar-refractivity contribution in [1.82, 2.24) is 4.90 Å². The summed E-state index contributed by atoms with van der Waals surface area (Å²) < 4.78 is 0.990. The first-order chi connectivity index (χ1) is 8.42. The first kappa shape index (κ1) is 20.7. The second-order valence-corrected chi connectivity index (χ2v) is 5.55. The largest absolute Gasteiger partial charge is 1.00 e. The van der Waals surface area contributed by atoms with Crippen LogP contribution in [0.4, 0.5) is 0 Å². The van der Waals surface area contributed by atoms with Gasteiger partial charge in [0.1, 0.15) is 6.54 Å². The van der Waals surface area contributed by atoms with Crippen molar-refractivity contribution >= 4 is 0 Å². The fraction of sp³-hybridized carbons (Fsp3) is 0.625. The lowest BCUT2D eigenvalue weighted by Gasteiger charge is -2.23. The number of halogens is 1. The van der Waals surface area contributed by atoms with Crippen LogP contribution in [0, 0.1) is 0 Å². The smallest absolute Gasteiger partial charge is 0.104 e. The van der Waals surface area contributed by atoms with Gasteiger partial charge in [-0.2, -0.15) is 0 Å². The van der Waals surface area contributed by atoms with E-state index in [2.05, 4.69) is 77.1 Å². The molecule has 0 aromatic heterocycles. The molecule has 0 N–H and O–H groups in total. The molecule has 1 aromatic rings. The van der Waals surface area contributed by atoms with Crippen LogP contribution in [0.3, 0.4) is 0 Å². The van der Waals surface area contributed by atoms with E-state index < -0.39 is 0 Å². The van der Waals surface area contributed by atoms with Gasteiger partial charge in [-0.3, -0.25) is 0 Å². The lowest BCUT2D eigenvalue weighted by atomic mass is 10.2. The summed E-state index contributed by atoms with van der Waals surface area (Å²) in [5, 5.41) is 0. The van der Waals surface area contributed by atoms with Crippen molar-refractivity contribution in [1.29, 1.82) is 0 Å². The van der Waals surface area contributed by atoms with Gasteiger partial charge in [0.15, 0.2) is 0 Å². The molecular weight excluding hydrogens is 256 g/mol. The summed E-state index contributed by atoms with van der Waals surface area (Å²) in [6.45, 7) is 11.2. The predicted octanol–water partition coefficient (Wildman–Crippen LogP) is 0.245. The maximum absolute atomic E-state index is 2.38. The van der Waals surface area contributed by atoms with Gasteiger partial charge in [0, 0.05) is 5.56 Å². The third-order valence-corrected chi connectivity index (χ3v) is 2.84. The Morgan fingerprint density at radius 1 is 0.842 bits per heavy atom. The van der Waals surface area contributed by atoms with E-state index in [1.807, 2.05) is 0 Å². The molecule has 0 aliphatic carbocycles. The Kier molecular flexibility index (Phi) is 12.3. The average molecular weight is 287 g/mol. The molecule has 0 atom stereocenters. The van der Waals surface area contributed by atoms with Crippen LogP contribution in [0.2, 0.25) is 0 Å². The van der Waals surface area contributed by atoms with Gasteiger partial charge in [0.2, 0.25) is 0 Å². The quantitative estimate of drug-likeness (QED) is 0.702. The zero-order chi connectivity index (χ0) is 14.0. The van der Waals surface area contributed by atoms with Crippen molar-refractivity contribution in [3.63, 3.8) is 0 Å². The fourth-order valence-electron chi connectivity index (χ4n) is 1.80. The Bertz CT molecular complexity index is 284. The van der Waals surface area contributed by atoms with Crippen LogP contribution in [0.25, 0.3) is 0 Å². The Balaban J connectivity index is 0. The van der Waals surface area contributed by atoms with Crippen molar-refractivity contribution in [2.75, 3.05) is 40.8 Å². The molecule has 0 amide bonds. The lowest BCUT2D eigenvalue weighted by Crippen LogP contribution is -3.00. The highest BCUT2D eigenvalue weighted by molar-refractivity contribution is 5.13. The summed E-state index contributed by atoms with van der Waals surface area (Å²) in [4.78, 5) is 2.38. The molecular formula is C16H31ClN2. The molecule has 0 fully saturated rings. The standard InChI is InChI=1S/C10H16N.C6H15N.ClH/c1-11(2,3)9-10-7-5-4-6-8-10;1-4-7(5-2)6-3;/h4-8H,9H2,1-3H3;4-6H2,1-3H3;1H/q+1;;/p-1. The first-order valence-electron chi connectivity index (χ1n) is 6.99. The minimum absolute atomic E-state index is 0. The lowest BCUT2D eigenvalue weighted by molar-refractivity contribution is -0.884. The van der Waals surface area contributed by atoms with Crippen LogP contribution < -0.4 is 12.4 Å². The summed E-state index contributed by atoms with van der Waals surface area (Å²) in [7, 11) is 6.60. The fourth-order valence-corrected chi connectivity index (χ4v) is 1.80. The summed E-state index contributed by atoms with van der Waals surface area (Å²) in [6.07, 6.45) is 0. The maximum Gasteiger partial charge on any atom is 0.104 e. The molecule has 0 heterocycles. The molecule has 1 rings (SSSR count). The van der Waals surface area contributed by atoms with Crippen molar-refractivity contribution in [3.05, 3.63) is 35.9 Å². The third kappa shape index (κ3) is 12.2. The van der Waals surface area contributed by atoms with Gasteiger partial charge in [-0.15, -0.1) is 0 Å². The van der Waals surface area contributed by atoms with E-state index in [-0.39, 0.29) is 12.4 Å². The molecule has 0 aliphatic rings. The molecule has 0 unspecified atom stereocenters. The highest BCUT2D eigenvalue weighted by atomic mass is 35.5. The van der Waals surface area contributed by atoms with E-state index in [0.717, 1.165) is 11.0 Å². The van der Waals surface area contributed by atoms with Crippen molar-refractivity contribution in [2.24, 2.45) is 0 Å². The van der Waals surface area contributed by atoms with Crippen molar-refractivity contribution in [2.45, 2.75) is 27.3 Å². The predicted molar refractivity (Wildman–Crippen MR) is 81.6 cm³/mol. The minimum Gasteiger partial charge on any atom is -1.00 e. The summed E-state index contributed by atoms with van der Waals surface area (Å²) in [6, 6.07) is 10.6. The molecule has 0 saturated heterocycles. The summed E-state index contributed by atoms with van der Waals surface area (Å²) >= 11 is 0. The molecule has 0 radical (unpaired) electrons. The van der Waals surface area contributed by atoms with Gasteiger partial charge < -0.3 is 21.8 Å². The minimum atomic E-state index is 0. The Labute approximate surface area is 126 Å². The van der Waals surface area contributed by atoms with Crippen molar-refractivity contribution < 1.29 is 16.9 Å². The van der Waals surface area contributed by atoms with Crippen LogP contribution in [0.1, 0.15) is 26.3 Å². The van der Waals surface area contributed by atoms with Gasteiger partial charge in [0.25, 0.3) is 0 Å². The van der Waals surface area contributed by atoms with E-state index in [0.29, 0.717) is 0 Å². The molecule has 112 valence electrons. The normalized spacial score (nSPS) is 10.5. The van der Waals surface area contributed by atoms with E-state index in [1.54, 1.807) is 0 Å². The zero-order valence-electron chi connectivity index (χ0n) is 13.5. The topological polar surface area (TPSA) is 3.24 Å². The summed E-state index contributed by atoms with van der Waals surface area (Å²) in [5.74, 6) is 0. The molecule has 0 saturated carbocycles. The van der Waals surface area contributed by atoms with Crippen LogP contribution in [0.15, 0.2) is 30.3 Å². The SMILES string of the molecule is CCN(CC)CC.C[N+](C)(C)Cc1ccccc1.[Cl-]. The van der Waals surface area contributed by atoms with Gasteiger partial charge in [-0.05, 0) is 19.6 Å². The Hall–Kier alpha value is -0.570. The van der Waals surface area contributed by atoms with Gasteiger partial charge >= 0.3 is 0 Å². The van der Waals surface area contributed by atoms with E-state index in [1.165, 1.54) is 25.2 Å². The van der Waals surface area contributed by atoms with Gasteiger partial charge in [-0.1, -0.05) is 51.1 Å². The third-order valence-electron chi connectivity index (χ3n) is 2.84. The molecule has 0 aliphatic heterocycles. The first-order valence-corrected chi connectivity index (χ1v) is 6.99. The Morgan fingerprint density at radius 3 is 1.53 bits per heavy atom. The molecule has 0 spiro atoms. The zero-order valence-corrected chi connectivity index (χ0v) is 14.2. The van der Waals surface area contributed by atoms with Gasteiger partial charge in [0.05, 0.1) is 21.1 Å². The second-order valence-electron chi connectivity index (χ2n) is 5.55. The van der Waals surface area contributed by atoms with E-state index in [9.17, 15) is 0 Å². The highest BCUT2D eigenvalue weighted by Gasteiger charge is 2.06. The summed E-state index contributed by atoms with van der Waals surface area (Å²) in [5.41, 5.74) is 1.40. The number of hydrogen-bond acceptors (Lipinski definition) is 1. The molecule has 19 heavy (non-hydrogen) atoms. The maximum atomic E-state index is 2.38. The number of benzene rings is 1. The monoisotopic (exact) mass is 286 g/mol. The number of quaternary nitrogens is 1. The van der Waals surface area contributed by atoms with Crippen molar-refractivity contribution in [3.8, 4) is 0 Å². The van der Waals surface area contributed by atoms with E-state index in [4.69, 9.17) is 0 Å². The van der Waals surface area contributed by atoms with Crippen LogP contribution >= 0.6 is 0 Å². The van der Waals surface area contributed by atoms with Gasteiger partial charge in [-0.25, -0.2) is 0 Å². The molecule has 2 nitrogen and oxygen atoms in total. The van der Waals surface area contributed by atoms with Crippen LogP contribution in [-0.4, -0.2) is 50.2 Å². The Morgan fingerprint density at radius 2 is 1.26 bits per heavy atom. The van der Waals surface area contributed by atoms with Crippen LogP contribution in [-0.2, 0) is 6.54 Å². The molecule has 0 bridgehead atoms. The van der Waals surface area contributed by atoms with Crippen LogP contribution in [0.5, 0.6) is 0 Å². The van der Waals surface area contributed by atoms with E-state index >= 15 is 0 Å². The molecule has 1 aromatic carbocycles. The highest BCUT2D eigenvalue weighted by Crippen LogP contribution is 2.05.